The van der Waals surface area contributed by atoms with Gasteiger partial charge in [-0.15, -0.1) is 0 Å². The monoisotopic (exact) mass is 415 g/mol. The van der Waals surface area contributed by atoms with Gasteiger partial charge in [0.2, 0.25) is 0 Å². The second-order valence-corrected chi connectivity index (χ2v) is 6.47. The molecule has 0 bridgehead atoms. The van der Waals surface area contributed by atoms with Crippen LogP contribution in [-0.2, 0) is 13.7 Å². The number of methoxy groups -OCH3 is 1. The first-order valence-corrected chi connectivity index (χ1v) is 9.08. The minimum absolute atomic E-state index is 0.131. The summed E-state index contributed by atoms with van der Waals surface area (Å²) in [5, 5.41) is 7.38. The zero-order valence-corrected chi connectivity index (χ0v) is 17.0. The standard InChI is InChI=1S/C19H21N5O4S/c1-12-16(10-24(2)23-12)20-19(29)22-21-18(25)17-9-8-15(28-17)11-27-14-6-4-13(26-3)5-7-14/h4-10H,11H2,1-3H3,(H,21,25)(H2,20,22,29). The fourth-order valence-corrected chi connectivity index (χ4v) is 2.62. The van der Waals surface area contributed by atoms with Gasteiger partial charge in [0.25, 0.3) is 0 Å². The lowest BCUT2D eigenvalue weighted by atomic mass is 10.3. The second kappa shape index (κ2) is 9.11. The molecule has 0 radical (unpaired) electrons. The van der Waals surface area contributed by atoms with Crippen LogP contribution in [0.1, 0.15) is 22.0 Å². The number of hydrogen-bond donors (Lipinski definition) is 3. The topological polar surface area (TPSA) is 103 Å². The van der Waals surface area contributed by atoms with E-state index in [1.807, 2.05) is 14.0 Å². The zero-order chi connectivity index (χ0) is 20.8. The lowest BCUT2D eigenvalue weighted by Crippen LogP contribution is -2.43. The van der Waals surface area contributed by atoms with Crippen molar-refractivity contribution in [2.24, 2.45) is 7.05 Å². The number of amides is 1. The van der Waals surface area contributed by atoms with E-state index in [-0.39, 0.29) is 17.5 Å². The van der Waals surface area contributed by atoms with Gasteiger partial charge in [-0.25, -0.2) is 0 Å². The van der Waals surface area contributed by atoms with Gasteiger partial charge in [-0.2, -0.15) is 5.10 Å². The van der Waals surface area contributed by atoms with Gasteiger partial charge in [0.05, 0.1) is 18.5 Å². The summed E-state index contributed by atoms with van der Waals surface area (Å²) < 4.78 is 17.9. The number of nitrogens with zero attached hydrogens (tertiary/aromatic N) is 2. The van der Waals surface area contributed by atoms with Crippen LogP contribution in [0.3, 0.4) is 0 Å². The summed E-state index contributed by atoms with van der Waals surface area (Å²) in [6, 6.07) is 10.4. The van der Waals surface area contributed by atoms with E-state index in [2.05, 4.69) is 21.3 Å². The highest BCUT2D eigenvalue weighted by molar-refractivity contribution is 7.80. The lowest BCUT2D eigenvalue weighted by Gasteiger charge is -2.10. The Labute approximate surface area is 173 Å². The highest BCUT2D eigenvalue weighted by atomic mass is 32.1. The van der Waals surface area contributed by atoms with E-state index in [9.17, 15) is 4.79 Å². The molecule has 1 amide bonds. The summed E-state index contributed by atoms with van der Waals surface area (Å²) in [6.45, 7) is 2.04. The number of aryl methyl sites for hydroxylation is 2. The molecule has 3 aromatic rings. The van der Waals surface area contributed by atoms with Gasteiger partial charge in [0, 0.05) is 13.2 Å². The first-order valence-electron chi connectivity index (χ1n) is 8.67. The summed E-state index contributed by atoms with van der Waals surface area (Å²) in [6.07, 6.45) is 1.78. The Morgan fingerprint density at radius 1 is 1.17 bits per heavy atom. The molecule has 0 aliphatic heterocycles. The molecular formula is C19H21N5O4S. The number of rotatable bonds is 6. The van der Waals surface area contributed by atoms with E-state index >= 15 is 0 Å². The number of hydrazine groups is 1. The van der Waals surface area contributed by atoms with Crippen molar-refractivity contribution in [3.8, 4) is 11.5 Å². The SMILES string of the molecule is COc1ccc(OCc2ccc(C(=O)NNC(=S)Nc3cn(C)nc3C)o2)cc1. The van der Waals surface area contributed by atoms with E-state index in [0.29, 0.717) is 11.5 Å². The molecule has 2 aromatic heterocycles. The third-order valence-electron chi connectivity index (χ3n) is 3.88. The quantitative estimate of drug-likeness (QED) is 0.417. The number of furan rings is 1. The molecule has 0 saturated heterocycles. The fraction of sp³-hybridized carbons (Fsp3) is 0.211. The summed E-state index contributed by atoms with van der Waals surface area (Å²) in [7, 11) is 3.41. The first-order chi connectivity index (χ1) is 13.9. The molecule has 0 unspecified atom stereocenters. The van der Waals surface area contributed by atoms with E-state index in [1.54, 1.807) is 54.4 Å². The molecule has 10 heteroatoms. The minimum atomic E-state index is -0.465. The third-order valence-corrected chi connectivity index (χ3v) is 4.08. The molecule has 9 nitrogen and oxygen atoms in total. The van der Waals surface area contributed by atoms with Crippen LogP contribution in [0.15, 0.2) is 47.0 Å². The first kappa shape index (κ1) is 20.2. The van der Waals surface area contributed by atoms with E-state index < -0.39 is 5.91 Å². The van der Waals surface area contributed by atoms with Crippen LogP contribution in [0, 0.1) is 6.92 Å². The molecule has 0 spiro atoms. The maximum absolute atomic E-state index is 12.2. The predicted molar refractivity (Wildman–Crippen MR) is 111 cm³/mol. The van der Waals surface area contributed by atoms with Gasteiger partial charge in [-0.1, -0.05) is 0 Å². The Bertz CT molecular complexity index is 996. The molecule has 0 aliphatic rings. The number of hydrogen-bond acceptors (Lipinski definition) is 6. The van der Waals surface area contributed by atoms with Gasteiger partial charge >= 0.3 is 5.91 Å². The zero-order valence-electron chi connectivity index (χ0n) is 16.2. The number of carbonyl (C=O) groups excluding carboxylic acids is 1. The summed E-state index contributed by atoms with van der Waals surface area (Å²) >= 11 is 5.16. The molecule has 0 fully saturated rings. The summed E-state index contributed by atoms with van der Waals surface area (Å²) in [4.78, 5) is 12.2. The number of benzene rings is 1. The van der Waals surface area contributed by atoms with Crippen molar-refractivity contribution in [1.82, 2.24) is 20.6 Å². The minimum Gasteiger partial charge on any atom is -0.497 e. The van der Waals surface area contributed by atoms with E-state index in [0.717, 1.165) is 17.1 Å². The van der Waals surface area contributed by atoms with Gasteiger partial charge in [0.1, 0.15) is 23.9 Å². The molecule has 152 valence electrons. The Morgan fingerprint density at radius 2 is 1.90 bits per heavy atom. The van der Waals surface area contributed by atoms with Crippen molar-refractivity contribution in [1.29, 1.82) is 0 Å². The van der Waals surface area contributed by atoms with Gasteiger partial charge in [0.15, 0.2) is 10.9 Å². The number of thiocarbonyl (C=S) groups is 1. The number of ether oxygens (including phenoxy) is 2. The van der Waals surface area contributed by atoms with Crippen molar-refractivity contribution < 1.29 is 18.7 Å². The lowest BCUT2D eigenvalue weighted by molar-refractivity contribution is 0.0912. The molecule has 0 saturated carbocycles. The fourth-order valence-electron chi connectivity index (χ4n) is 2.45. The number of nitrogens with one attached hydrogen (secondary N) is 3. The van der Waals surface area contributed by atoms with Crippen molar-refractivity contribution in [2.75, 3.05) is 12.4 Å². The average molecular weight is 415 g/mol. The molecule has 0 aliphatic carbocycles. The van der Waals surface area contributed by atoms with Gasteiger partial charge in [-0.3, -0.25) is 20.3 Å². The Hall–Kier alpha value is -3.53. The van der Waals surface area contributed by atoms with Crippen LogP contribution < -0.4 is 25.6 Å². The third kappa shape index (κ3) is 5.48. The van der Waals surface area contributed by atoms with E-state index in [4.69, 9.17) is 26.1 Å². The number of aromatic nitrogens is 2. The maximum atomic E-state index is 12.2. The highest BCUT2D eigenvalue weighted by Gasteiger charge is 2.12. The summed E-state index contributed by atoms with van der Waals surface area (Å²) in [5.74, 6) is 1.58. The normalized spacial score (nSPS) is 10.3. The Morgan fingerprint density at radius 3 is 2.55 bits per heavy atom. The van der Waals surface area contributed by atoms with E-state index in [1.165, 1.54) is 0 Å². The summed E-state index contributed by atoms with van der Waals surface area (Å²) in [5.41, 5.74) is 6.63. The maximum Gasteiger partial charge on any atom is 0.305 e. The predicted octanol–water partition coefficient (Wildman–Crippen LogP) is 2.54. The van der Waals surface area contributed by atoms with Gasteiger partial charge < -0.3 is 19.2 Å². The smallest absolute Gasteiger partial charge is 0.305 e. The largest absolute Gasteiger partial charge is 0.497 e. The average Bonchev–Trinajstić information content (AvgIpc) is 3.31. The molecule has 0 atom stereocenters. The van der Waals surface area contributed by atoms with Crippen molar-refractivity contribution in [3.63, 3.8) is 0 Å². The van der Waals surface area contributed by atoms with Crippen LogP contribution in [0.25, 0.3) is 0 Å². The Kier molecular flexibility index (Phi) is 6.35. The van der Waals surface area contributed by atoms with Crippen LogP contribution >= 0.6 is 12.2 Å². The van der Waals surface area contributed by atoms with Crippen LogP contribution in [-0.4, -0.2) is 27.9 Å². The second-order valence-electron chi connectivity index (χ2n) is 6.07. The molecule has 29 heavy (non-hydrogen) atoms. The molecular weight excluding hydrogens is 394 g/mol. The molecule has 3 rings (SSSR count). The van der Waals surface area contributed by atoms with Crippen molar-refractivity contribution in [3.05, 3.63) is 59.8 Å². The number of anilines is 1. The van der Waals surface area contributed by atoms with Gasteiger partial charge in [-0.05, 0) is 55.5 Å². The molecule has 2 heterocycles. The Balaban J connectivity index is 1.47. The van der Waals surface area contributed by atoms with Crippen LogP contribution in [0.2, 0.25) is 0 Å². The molecule has 1 aromatic carbocycles. The van der Waals surface area contributed by atoms with Crippen LogP contribution in [0.4, 0.5) is 5.69 Å². The highest BCUT2D eigenvalue weighted by Crippen LogP contribution is 2.19. The van der Waals surface area contributed by atoms with Crippen LogP contribution in [0.5, 0.6) is 11.5 Å². The molecule has 3 N–H and O–H groups in total. The van der Waals surface area contributed by atoms with Crippen molar-refractivity contribution in [2.45, 2.75) is 13.5 Å². The van der Waals surface area contributed by atoms with Crippen molar-refractivity contribution >= 4 is 28.9 Å². The number of carbonyl (C=O) groups is 1.